The first-order valence-corrected chi connectivity index (χ1v) is 8.45. The van der Waals surface area contributed by atoms with E-state index in [0.717, 1.165) is 17.4 Å². The van der Waals surface area contributed by atoms with E-state index < -0.39 is 20.7 Å². The van der Waals surface area contributed by atoms with Crippen LogP contribution in [0.1, 0.15) is 11.7 Å². The highest BCUT2D eigenvalue weighted by Gasteiger charge is 2.27. The molecule has 0 aromatic heterocycles. The topological polar surface area (TPSA) is 54.4 Å². The van der Waals surface area contributed by atoms with E-state index >= 15 is 0 Å². The average molecular weight is 311 g/mol. The Morgan fingerprint density at radius 3 is 1.95 bits per heavy atom. The van der Waals surface area contributed by atoms with Gasteiger partial charge in [0.05, 0.1) is 0 Å². The Morgan fingerprint density at radius 2 is 1.45 bits per heavy atom. The quantitative estimate of drug-likeness (QED) is 0.883. The van der Waals surface area contributed by atoms with E-state index in [1.165, 1.54) is 0 Å². The molecular weight excluding hydrogens is 296 g/mol. The lowest BCUT2D eigenvalue weighted by atomic mass is 10.0. The van der Waals surface area contributed by atoms with Crippen LogP contribution in [0.3, 0.4) is 0 Å². The molecule has 0 fully saturated rings. The lowest BCUT2D eigenvalue weighted by molar-refractivity contribution is 0.192. The first-order valence-electron chi connectivity index (χ1n) is 6.06. The van der Waals surface area contributed by atoms with Crippen molar-refractivity contribution in [2.24, 2.45) is 0 Å². The molecule has 2 aromatic carbocycles. The van der Waals surface area contributed by atoms with Crippen LogP contribution in [-0.4, -0.2) is 24.5 Å². The van der Waals surface area contributed by atoms with Gasteiger partial charge in [-0.2, -0.15) is 0 Å². The Balaban J connectivity index is 2.25. The van der Waals surface area contributed by atoms with E-state index in [1.54, 1.807) is 12.1 Å². The number of aliphatic hydroxyl groups is 1. The highest BCUT2D eigenvalue weighted by atomic mass is 35.5. The fourth-order valence-corrected chi connectivity index (χ4v) is 2.66. The fourth-order valence-electron chi connectivity index (χ4n) is 1.89. The Hall–Kier alpha value is -1.36. The zero-order valence-electron chi connectivity index (χ0n) is 10.9. The van der Waals surface area contributed by atoms with Gasteiger partial charge in [0, 0.05) is 6.26 Å². The van der Waals surface area contributed by atoms with Gasteiger partial charge in [-0.3, -0.25) is 0 Å². The summed E-state index contributed by atoms with van der Waals surface area (Å²) in [6, 6.07) is 16.8. The lowest BCUT2D eigenvalue weighted by Crippen LogP contribution is -2.21. The van der Waals surface area contributed by atoms with Crippen molar-refractivity contribution in [1.29, 1.82) is 0 Å². The third-order valence-corrected chi connectivity index (χ3v) is 5.30. The van der Waals surface area contributed by atoms with Gasteiger partial charge in [-0.25, -0.2) is 8.42 Å². The molecule has 0 aliphatic rings. The van der Waals surface area contributed by atoms with Gasteiger partial charge in [-0.05, 0) is 16.7 Å². The van der Waals surface area contributed by atoms with Gasteiger partial charge in [0.2, 0.25) is 0 Å². The van der Waals surface area contributed by atoms with Crippen molar-refractivity contribution in [2.75, 3.05) is 6.26 Å². The van der Waals surface area contributed by atoms with Gasteiger partial charge in [0.1, 0.15) is 6.10 Å². The predicted octanol–water partition coefficient (Wildman–Crippen LogP) is 3.00. The maximum Gasteiger partial charge on any atom is 0.167 e. The molecule has 5 heteroatoms. The summed E-state index contributed by atoms with van der Waals surface area (Å²) in [5.41, 5.74) is 2.53. The largest absolute Gasteiger partial charge is 0.386 e. The maximum atomic E-state index is 11.3. The summed E-state index contributed by atoms with van der Waals surface area (Å²) in [6.07, 6.45) is -0.233. The van der Waals surface area contributed by atoms with E-state index in [0.29, 0.717) is 5.56 Å². The molecule has 2 rings (SSSR count). The van der Waals surface area contributed by atoms with Gasteiger partial charge < -0.3 is 5.11 Å². The van der Waals surface area contributed by atoms with Crippen molar-refractivity contribution >= 4 is 21.4 Å². The first kappa shape index (κ1) is 15.0. The molecule has 0 saturated heterocycles. The van der Waals surface area contributed by atoms with Crippen molar-refractivity contribution < 1.29 is 13.5 Å². The molecular formula is C15H15ClO3S. The van der Waals surface area contributed by atoms with Crippen LogP contribution in [0.4, 0.5) is 0 Å². The van der Waals surface area contributed by atoms with Gasteiger partial charge in [-0.15, -0.1) is 11.6 Å². The minimum atomic E-state index is -3.50. The van der Waals surface area contributed by atoms with Gasteiger partial charge in [0.15, 0.2) is 14.5 Å². The number of aliphatic hydroxyl groups excluding tert-OH is 1. The third-order valence-electron chi connectivity index (χ3n) is 3.02. The molecule has 2 aromatic rings. The number of sulfone groups is 1. The van der Waals surface area contributed by atoms with Crippen molar-refractivity contribution in [2.45, 2.75) is 10.8 Å². The van der Waals surface area contributed by atoms with Crippen molar-refractivity contribution in [1.82, 2.24) is 0 Å². The highest BCUT2D eigenvalue weighted by molar-refractivity contribution is 7.92. The summed E-state index contributed by atoms with van der Waals surface area (Å²) in [4.78, 5) is 0. The SMILES string of the molecule is CS(=O)(=O)C(Cl)C(O)c1ccc(-c2ccccc2)cc1. The molecule has 3 nitrogen and oxygen atoms in total. The summed E-state index contributed by atoms with van der Waals surface area (Å²) in [5.74, 6) is 0. The van der Waals surface area contributed by atoms with Crippen LogP contribution >= 0.6 is 11.6 Å². The molecule has 106 valence electrons. The summed E-state index contributed by atoms with van der Waals surface area (Å²) in [7, 11) is -3.50. The zero-order valence-corrected chi connectivity index (χ0v) is 12.5. The number of hydrogen-bond donors (Lipinski definition) is 1. The minimum absolute atomic E-state index is 0.482. The first-order chi connectivity index (χ1) is 9.39. The van der Waals surface area contributed by atoms with Crippen LogP contribution < -0.4 is 0 Å². The Bertz CT molecular complexity index is 666. The molecule has 0 aliphatic carbocycles. The lowest BCUT2D eigenvalue weighted by Gasteiger charge is -2.16. The van der Waals surface area contributed by atoms with E-state index in [9.17, 15) is 13.5 Å². The summed E-state index contributed by atoms with van der Waals surface area (Å²) < 4.78 is 21.3. The van der Waals surface area contributed by atoms with Crippen LogP contribution in [0, 0.1) is 0 Å². The summed E-state index contributed by atoms with van der Waals surface area (Å²) in [5, 5.41) is 9.98. The van der Waals surface area contributed by atoms with Gasteiger partial charge in [0.25, 0.3) is 0 Å². The van der Waals surface area contributed by atoms with E-state index in [1.807, 2.05) is 42.5 Å². The van der Waals surface area contributed by atoms with Crippen LogP contribution in [0.15, 0.2) is 54.6 Å². The van der Waals surface area contributed by atoms with Gasteiger partial charge in [-0.1, -0.05) is 54.6 Å². The van der Waals surface area contributed by atoms with E-state index in [4.69, 9.17) is 11.6 Å². The Morgan fingerprint density at radius 1 is 0.950 bits per heavy atom. The normalized spacial score (nSPS) is 14.8. The van der Waals surface area contributed by atoms with Crippen molar-refractivity contribution in [3.05, 3.63) is 60.2 Å². The average Bonchev–Trinajstić information content (AvgIpc) is 2.46. The van der Waals surface area contributed by atoms with Crippen LogP contribution in [0.25, 0.3) is 11.1 Å². The molecule has 0 aliphatic heterocycles. The highest BCUT2D eigenvalue weighted by Crippen LogP contribution is 2.27. The van der Waals surface area contributed by atoms with Gasteiger partial charge >= 0.3 is 0 Å². The van der Waals surface area contributed by atoms with Crippen LogP contribution in [0.2, 0.25) is 0 Å². The molecule has 20 heavy (non-hydrogen) atoms. The zero-order chi connectivity index (χ0) is 14.8. The fraction of sp³-hybridized carbons (Fsp3) is 0.200. The molecule has 0 amide bonds. The number of rotatable bonds is 4. The van der Waals surface area contributed by atoms with E-state index in [-0.39, 0.29) is 0 Å². The summed E-state index contributed by atoms with van der Waals surface area (Å²) >= 11 is 5.76. The van der Waals surface area contributed by atoms with E-state index in [2.05, 4.69) is 0 Å². The monoisotopic (exact) mass is 310 g/mol. The second-order valence-electron chi connectivity index (χ2n) is 4.61. The molecule has 0 spiro atoms. The third kappa shape index (κ3) is 3.39. The van der Waals surface area contributed by atoms with Crippen LogP contribution in [-0.2, 0) is 9.84 Å². The number of benzene rings is 2. The Labute approximate surface area is 123 Å². The molecule has 0 saturated carbocycles. The number of halogens is 1. The summed E-state index contributed by atoms with van der Waals surface area (Å²) in [6.45, 7) is 0. The van der Waals surface area contributed by atoms with Crippen molar-refractivity contribution in [3.8, 4) is 11.1 Å². The molecule has 0 bridgehead atoms. The molecule has 1 N–H and O–H groups in total. The van der Waals surface area contributed by atoms with Crippen molar-refractivity contribution in [3.63, 3.8) is 0 Å². The standard InChI is InChI=1S/C15H15ClO3S/c1-20(18,19)15(16)14(17)13-9-7-12(8-10-13)11-5-3-2-4-6-11/h2-10,14-15,17H,1H3. The molecule has 0 heterocycles. The predicted molar refractivity (Wildman–Crippen MR) is 81.3 cm³/mol. The maximum absolute atomic E-state index is 11.3. The molecule has 2 unspecified atom stereocenters. The number of alkyl halides is 1. The molecule has 2 atom stereocenters. The molecule has 0 radical (unpaired) electrons. The smallest absolute Gasteiger partial charge is 0.167 e. The minimum Gasteiger partial charge on any atom is -0.386 e. The van der Waals surface area contributed by atoms with Crippen LogP contribution in [0.5, 0.6) is 0 Å². The second-order valence-corrected chi connectivity index (χ2v) is 7.51. The second kappa shape index (κ2) is 5.95. The Kier molecular flexibility index (Phi) is 4.48. The number of hydrogen-bond acceptors (Lipinski definition) is 3.